The maximum atomic E-state index is 12.2. The van der Waals surface area contributed by atoms with Crippen LogP contribution in [0.4, 0.5) is 0 Å². The molecule has 0 unspecified atom stereocenters. The van der Waals surface area contributed by atoms with Crippen LogP contribution < -0.4 is 0 Å². The van der Waals surface area contributed by atoms with Crippen LogP contribution in [0.3, 0.4) is 0 Å². The second-order valence-corrected chi connectivity index (χ2v) is 6.51. The largest absolute Gasteiger partial charge is 0.378 e. The van der Waals surface area contributed by atoms with Crippen LogP contribution in [-0.2, 0) is 18.3 Å². The molecular formula is C19H25N3O2. The number of hydrogen-bond donors (Lipinski definition) is 0. The molecule has 0 aliphatic carbocycles. The third-order valence-electron chi connectivity index (χ3n) is 4.53. The smallest absolute Gasteiger partial charge is 0.253 e. The van der Waals surface area contributed by atoms with Crippen molar-refractivity contribution in [3.05, 3.63) is 59.4 Å². The third-order valence-corrected chi connectivity index (χ3v) is 4.53. The van der Waals surface area contributed by atoms with Crippen LogP contribution in [-0.4, -0.2) is 54.1 Å². The van der Waals surface area contributed by atoms with Gasteiger partial charge in [-0.15, -0.1) is 0 Å². The summed E-state index contributed by atoms with van der Waals surface area (Å²) in [5, 5.41) is 0. The highest BCUT2D eigenvalue weighted by molar-refractivity contribution is 5.94. The summed E-state index contributed by atoms with van der Waals surface area (Å²) in [6, 6.07) is 12.4. The summed E-state index contributed by atoms with van der Waals surface area (Å²) in [5.74, 6) is 0.0396. The Labute approximate surface area is 143 Å². The number of aromatic nitrogens is 1. The Morgan fingerprint density at radius 2 is 2.12 bits per heavy atom. The molecule has 1 saturated heterocycles. The monoisotopic (exact) mass is 327 g/mol. The molecule has 128 valence electrons. The molecule has 1 aromatic carbocycles. The topological polar surface area (TPSA) is 37.7 Å². The van der Waals surface area contributed by atoms with Gasteiger partial charge in [-0.3, -0.25) is 9.69 Å². The lowest BCUT2D eigenvalue weighted by atomic mass is 10.1. The molecule has 1 aromatic heterocycles. The number of hydrogen-bond acceptors (Lipinski definition) is 3. The van der Waals surface area contributed by atoms with Crippen LogP contribution >= 0.6 is 0 Å². The van der Waals surface area contributed by atoms with Crippen molar-refractivity contribution in [2.24, 2.45) is 7.05 Å². The number of rotatable bonds is 4. The fourth-order valence-electron chi connectivity index (χ4n) is 3.22. The molecule has 1 aliphatic heterocycles. The van der Waals surface area contributed by atoms with E-state index in [0.717, 1.165) is 30.8 Å². The number of carbonyl (C=O) groups is 1. The van der Waals surface area contributed by atoms with Crippen molar-refractivity contribution in [3.8, 4) is 0 Å². The zero-order valence-electron chi connectivity index (χ0n) is 14.6. The molecule has 0 bridgehead atoms. The molecule has 2 aromatic rings. The molecule has 0 N–H and O–H groups in total. The lowest BCUT2D eigenvalue weighted by Gasteiger charge is -2.36. The molecule has 0 spiro atoms. The van der Waals surface area contributed by atoms with Gasteiger partial charge in [0.1, 0.15) is 0 Å². The van der Waals surface area contributed by atoms with E-state index in [0.29, 0.717) is 6.61 Å². The van der Waals surface area contributed by atoms with E-state index in [-0.39, 0.29) is 11.9 Å². The van der Waals surface area contributed by atoms with Crippen LogP contribution in [0.1, 0.15) is 27.7 Å². The zero-order valence-corrected chi connectivity index (χ0v) is 14.6. The number of benzene rings is 1. The molecule has 1 fully saturated rings. The Bertz CT molecular complexity index is 708. The SMILES string of the molecule is CN(C)C(=O)c1cccc(CN2CCOC[C@@H]2c2cccn2C)c1. The molecular weight excluding hydrogens is 302 g/mol. The van der Waals surface area contributed by atoms with E-state index in [1.807, 2.05) is 18.2 Å². The molecule has 0 radical (unpaired) electrons. The second-order valence-electron chi connectivity index (χ2n) is 6.51. The van der Waals surface area contributed by atoms with Gasteiger partial charge in [0, 0.05) is 51.7 Å². The van der Waals surface area contributed by atoms with Crippen molar-refractivity contribution in [3.63, 3.8) is 0 Å². The first kappa shape index (κ1) is 16.7. The first-order chi connectivity index (χ1) is 11.6. The average Bonchev–Trinajstić information content (AvgIpc) is 3.01. The summed E-state index contributed by atoms with van der Waals surface area (Å²) in [6.07, 6.45) is 2.07. The molecule has 1 aliphatic rings. The van der Waals surface area contributed by atoms with Gasteiger partial charge in [0.2, 0.25) is 0 Å². The van der Waals surface area contributed by atoms with Crippen molar-refractivity contribution in [1.82, 2.24) is 14.4 Å². The number of carbonyl (C=O) groups excluding carboxylic acids is 1. The number of amides is 1. The molecule has 0 saturated carbocycles. The highest BCUT2D eigenvalue weighted by Gasteiger charge is 2.26. The summed E-state index contributed by atoms with van der Waals surface area (Å²) in [6.45, 7) is 3.15. The van der Waals surface area contributed by atoms with Gasteiger partial charge in [-0.25, -0.2) is 0 Å². The fourth-order valence-corrected chi connectivity index (χ4v) is 3.22. The number of ether oxygens (including phenoxy) is 1. The maximum Gasteiger partial charge on any atom is 0.253 e. The van der Waals surface area contributed by atoms with E-state index in [4.69, 9.17) is 4.74 Å². The predicted molar refractivity (Wildman–Crippen MR) is 93.8 cm³/mol. The molecule has 5 heteroatoms. The predicted octanol–water partition coefficient (Wildman–Crippen LogP) is 2.30. The highest BCUT2D eigenvalue weighted by Crippen LogP contribution is 2.26. The molecule has 3 rings (SSSR count). The van der Waals surface area contributed by atoms with Crippen molar-refractivity contribution < 1.29 is 9.53 Å². The Morgan fingerprint density at radius 1 is 1.29 bits per heavy atom. The first-order valence-corrected chi connectivity index (χ1v) is 8.30. The lowest BCUT2D eigenvalue weighted by Crippen LogP contribution is -2.39. The number of aryl methyl sites for hydroxylation is 1. The van der Waals surface area contributed by atoms with Gasteiger partial charge in [-0.2, -0.15) is 0 Å². The minimum Gasteiger partial charge on any atom is -0.378 e. The molecule has 24 heavy (non-hydrogen) atoms. The zero-order chi connectivity index (χ0) is 17.1. The van der Waals surface area contributed by atoms with Gasteiger partial charge in [0.15, 0.2) is 0 Å². The Kier molecular flexibility index (Phi) is 5.02. The van der Waals surface area contributed by atoms with E-state index < -0.39 is 0 Å². The normalized spacial score (nSPS) is 18.5. The minimum atomic E-state index is 0.0396. The van der Waals surface area contributed by atoms with E-state index >= 15 is 0 Å². The van der Waals surface area contributed by atoms with Crippen LogP contribution in [0.2, 0.25) is 0 Å². The Morgan fingerprint density at radius 3 is 2.83 bits per heavy atom. The quantitative estimate of drug-likeness (QED) is 0.865. The van der Waals surface area contributed by atoms with Crippen molar-refractivity contribution >= 4 is 5.91 Å². The number of nitrogens with zero attached hydrogens (tertiary/aromatic N) is 3. The fraction of sp³-hybridized carbons (Fsp3) is 0.421. The van der Waals surface area contributed by atoms with Gasteiger partial charge in [-0.1, -0.05) is 12.1 Å². The van der Waals surface area contributed by atoms with E-state index in [1.54, 1.807) is 19.0 Å². The highest BCUT2D eigenvalue weighted by atomic mass is 16.5. The van der Waals surface area contributed by atoms with Crippen LogP contribution in [0.5, 0.6) is 0 Å². The van der Waals surface area contributed by atoms with Crippen molar-refractivity contribution in [2.75, 3.05) is 33.9 Å². The standard InChI is InChI=1S/C19H25N3O2/c1-20(2)19(23)16-7-4-6-15(12-16)13-22-10-11-24-14-18(22)17-8-5-9-21(17)3/h4-9,12,18H,10-11,13-14H2,1-3H3/t18-/m1/s1. The van der Waals surface area contributed by atoms with E-state index in [2.05, 4.69) is 40.9 Å². The third kappa shape index (κ3) is 3.52. The molecule has 1 amide bonds. The minimum absolute atomic E-state index is 0.0396. The van der Waals surface area contributed by atoms with Gasteiger partial charge < -0.3 is 14.2 Å². The van der Waals surface area contributed by atoms with Crippen molar-refractivity contribution in [1.29, 1.82) is 0 Å². The van der Waals surface area contributed by atoms with Crippen LogP contribution in [0.25, 0.3) is 0 Å². The first-order valence-electron chi connectivity index (χ1n) is 8.30. The molecule has 5 nitrogen and oxygen atoms in total. The molecule has 2 heterocycles. The van der Waals surface area contributed by atoms with Crippen LogP contribution in [0, 0.1) is 0 Å². The second kappa shape index (κ2) is 7.20. The summed E-state index contributed by atoms with van der Waals surface area (Å²) in [5.41, 5.74) is 3.15. The summed E-state index contributed by atoms with van der Waals surface area (Å²) >= 11 is 0. The lowest BCUT2D eigenvalue weighted by molar-refractivity contribution is -0.0152. The summed E-state index contributed by atoms with van der Waals surface area (Å²) < 4.78 is 7.86. The maximum absolute atomic E-state index is 12.2. The van der Waals surface area contributed by atoms with Crippen molar-refractivity contribution in [2.45, 2.75) is 12.6 Å². The van der Waals surface area contributed by atoms with E-state index in [1.165, 1.54) is 5.69 Å². The van der Waals surface area contributed by atoms with E-state index in [9.17, 15) is 4.79 Å². The van der Waals surface area contributed by atoms with Gasteiger partial charge in [0.05, 0.1) is 19.3 Å². The van der Waals surface area contributed by atoms with Crippen LogP contribution in [0.15, 0.2) is 42.6 Å². The summed E-state index contributed by atoms with van der Waals surface area (Å²) in [7, 11) is 5.63. The Balaban J connectivity index is 1.80. The average molecular weight is 327 g/mol. The number of morpholine rings is 1. The van der Waals surface area contributed by atoms with Gasteiger partial charge >= 0.3 is 0 Å². The van der Waals surface area contributed by atoms with Gasteiger partial charge in [0.25, 0.3) is 5.91 Å². The Hall–Kier alpha value is -2.11. The molecule has 1 atom stereocenters. The summed E-state index contributed by atoms with van der Waals surface area (Å²) in [4.78, 5) is 16.2. The van der Waals surface area contributed by atoms with Gasteiger partial charge in [-0.05, 0) is 29.8 Å².